The predicted octanol–water partition coefficient (Wildman–Crippen LogP) is 5.09. The van der Waals surface area contributed by atoms with Crippen LogP contribution in [0.4, 0.5) is 0 Å². The van der Waals surface area contributed by atoms with E-state index in [4.69, 9.17) is 23.8 Å². The highest BCUT2D eigenvalue weighted by Crippen LogP contribution is 2.40. The number of benzene rings is 1. The van der Waals surface area contributed by atoms with E-state index in [1.165, 1.54) is 5.56 Å². The predicted molar refractivity (Wildman–Crippen MR) is 126 cm³/mol. The molecular weight excluding hydrogens is 426 g/mol. The summed E-state index contributed by atoms with van der Waals surface area (Å²) >= 11 is 11.8. The van der Waals surface area contributed by atoms with E-state index in [1.54, 1.807) is 6.20 Å². The molecule has 1 aliphatic heterocycles. The van der Waals surface area contributed by atoms with Crippen LogP contribution in [0.5, 0.6) is 0 Å². The first kappa shape index (κ1) is 19.7. The minimum Gasteiger partial charge on any atom is -0.352 e. The molecule has 0 aliphatic carbocycles. The highest BCUT2D eigenvalue weighted by Gasteiger charge is 2.41. The molecule has 1 aromatic carbocycles. The zero-order chi connectivity index (χ0) is 21.2. The van der Waals surface area contributed by atoms with Crippen LogP contribution in [0.15, 0.2) is 91.4 Å². The molecule has 0 unspecified atom stereocenters. The third kappa shape index (κ3) is 3.92. The molecule has 1 saturated heterocycles. The standard InChI is InChI=1S/C24H20ClN5S/c25-18-11-12-21(27-15-18)29-14-6-10-20(29)23-22(19-9-4-5-13-26-19)28-24(31)30(23)16-17-7-2-1-3-8-17/h1-15,22-23H,16H2,(H,28,31)/t22-,23-/m1/s1. The van der Waals surface area contributed by atoms with Crippen molar-refractivity contribution in [3.63, 3.8) is 0 Å². The number of rotatable bonds is 5. The molecule has 5 nitrogen and oxygen atoms in total. The van der Waals surface area contributed by atoms with Gasteiger partial charge in [-0.15, -0.1) is 0 Å². The van der Waals surface area contributed by atoms with Gasteiger partial charge in [-0.3, -0.25) is 4.98 Å². The van der Waals surface area contributed by atoms with Crippen molar-refractivity contribution >= 4 is 28.9 Å². The van der Waals surface area contributed by atoms with E-state index in [-0.39, 0.29) is 12.1 Å². The molecule has 5 rings (SSSR count). The molecule has 0 radical (unpaired) electrons. The van der Waals surface area contributed by atoms with Crippen molar-refractivity contribution < 1.29 is 0 Å². The Balaban J connectivity index is 1.60. The molecule has 2 atom stereocenters. The molecule has 0 saturated carbocycles. The Morgan fingerprint density at radius 2 is 1.77 bits per heavy atom. The lowest BCUT2D eigenvalue weighted by atomic mass is 10.0. The monoisotopic (exact) mass is 445 g/mol. The van der Waals surface area contributed by atoms with E-state index in [2.05, 4.69) is 43.0 Å². The molecule has 1 fully saturated rings. The Labute approximate surface area is 191 Å². The van der Waals surface area contributed by atoms with Crippen molar-refractivity contribution in [2.45, 2.75) is 18.6 Å². The van der Waals surface area contributed by atoms with Crippen molar-refractivity contribution in [3.05, 3.63) is 113 Å². The lowest BCUT2D eigenvalue weighted by molar-refractivity contribution is 0.302. The minimum absolute atomic E-state index is 0.0601. The topological polar surface area (TPSA) is 46.0 Å². The van der Waals surface area contributed by atoms with Gasteiger partial charge in [0.25, 0.3) is 0 Å². The van der Waals surface area contributed by atoms with Crippen molar-refractivity contribution in [1.82, 2.24) is 24.8 Å². The van der Waals surface area contributed by atoms with Crippen LogP contribution in [-0.4, -0.2) is 24.5 Å². The number of thiocarbonyl (C=S) groups is 1. The molecule has 0 bridgehead atoms. The Bertz CT molecular complexity index is 1180. The van der Waals surface area contributed by atoms with Gasteiger partial charge in [0.1, 0.15) is 5.82 Å². The summed E-state index contributed by atoms with van der Waals surface area (Å²) in [4.78, 5) is 11.4. The third-order valence-corrected chi connectivity index (χ3v) is 6.01. The Morgan fingerprint density at radius 3 is 2.52 bits per heavy atom. The quantitative estimate of drug-likeness (QED) is 0.433. The SMILES string of the molecule is S=C1N[C@H](c2ccccn2)[C@@H](c2cccn2-c2ccc(Cl)cn2)N1Cc1ccccc1. The van der Waals surface area contributed by atoms with Gasteiger partial charge in [0.05, 0.1) is 22.8 Å². The van der Waals surface area contributed by atoms with E-state index >= 15 is 0 Å². The molecule has 3 aromatic heterocycles. The summed E-state index contributed by atoms with van der Waals surface area (Å²) in [6.07, 6.45) is 5.50. The van der Waals surface area contributed by atoms with E-state index in [0.29, 0.717) is 16.7 Å². The maximum absolute atomic E-state index is 6.06. The van der Waals surface area contributed by atoms with Crippen LogP contribution in [0.1, 0.15) is 29.0 Å². The van der Waals surface area contributed by atoms with E-state index in [1.807, 2.05) is 67.0 Å². The smallest absolute Gasteiger partial charge is 0.170 e. The molecule has 1 N–H and O–H groups in total. The Kier molecular flexibility index (Phi) is 5.40. The maximum Gasteiger partial charge on any atom is 0.170 e. The number of halogens is 1. The number of nitrogens with zero attached hydrogens (tertiary/aromatic N) is 4. The lowest BCUT2D eigenvalue weighted by Crippen LogP contribution is -2.30. The van der Waals surface area contributed by atoms with Crippen molar-refractivity contribution in [2.24, 2.45) is 0 Å². The van der Waals surface area contributed by atoms with E-state index < -0.39 is 0 Å². The summed E-state index contributed by atoms with van der Waals surface area (Å²) in [5, 5.41) is 4.83. The maximum atomic E-state index is 6.06. The van der Waals surface area contributed by atoms with Crippen LogP contribution in [0.3, 0.4) is 0 Å². The number of hydrogen-bond acceptors (Lipinski definition) is 3. The molecule has 4 aromatic rings. The average Bonchev–Trinajstić information content (AvgIpc) is 3.40. The van der Waals surface area contributed by atoms with Crippen LogP contribution in [0, 0.1) is 0 Å². The highest BCUT2D eigenvalue weighted by molar-refractivity contribution is 7.80. The van der Waals surface area contributed by atoms with Crippen molar-refractivity contribution in [1.29, 1.82) is 0 Å². The first-order valence-electron chi connectivity index (χ1n) is 10.0. The molecule has 0 spiro atoms. The van der Waals surface area contributed by atoms with E-state index in [9.17, 15) is 0 Å². The molecule has 0 amide bonds. The van der Waals surface area contributed by atoms with Gasteiger partial charge in [-0.05, 0) is 54.2 Å². The van der Waals surface area contributed by atoms with Crippen LogP contribution < -0.4 is 5.32 Å². The fourth-order valence-corrected chi connectivity index (χ4v) is 4.45. The Hall–Kier alpha value is -3.22. The fraction of sp³-hybridized carbons (Fsp3) is 0.125. The van der Waals surface area contributed by atoms with Gasteiger partial charge in [-0.1, -0.05) is 48.0 Å². The van der Waals surface area contributed by atoms with Crippen LogP contribution in [-0.2, 0) is 6.54 Å². The third-order valence-electron chi connectivity index (χ3n) is 5.44. The molecule has 1 aliphatic rings. The minimum atomic E-state index is -0.0848. The zero-order valence-electron chi connectivity index (χ0n) is 16.6. The summed E-state index contributed by atoms with van der Waals surface area (Å²) in [6.45, 7) is 0.694. The van der Waals surface area contributed by atoms with Crippen molar-refractivity contribution in [2.75, 3.05) is 0 Å². The summed E-state index contributed by atoms with van der Waals surface area (Å²) in [5.41, 5.74) is 3.22. The van der Waals surface area contributed by atoms with Gasteiger partial charge in [-0.2, -0.15) is 0 Å². The summed E-state index contributed by atoms with van der Waals surface area (Å²) in [5.74, 6) is 0.807. The first-order chi connectivity index (χ1) is 15.2. The summed E-state index contributed by atoms with van der Waals surface area (Å²) in [6, 6.07) is 24.1. The number of hydrogen-bond donors (Lipinski definition) is 1. The second-order valence-corrected chi connectivity index (χ2v) is 8.20. The molecule has 4 heterocycles. The van der Waals surface area contributed by atoms with Crippen LogP contribution >= 0.6 is 23.8 Å². The molecule has 154 valence electrons. The lowest BCUT2D eigenvalue weighted by Gasteiger charge is -2.28. The number of pyridine rings is 2. The van der Waals surface area contributed by atoms with Gasteiger partial charge < -0.3 is 14.8 Å². The Morgan fingerprint density at radius 1 is 0.935 bits per heavy atom. The first-order valence-corrected chi connectivity index (χ1v) is 10.8. The van der Waals surface area contributed by atoms with Crippen molar-refractivity contribution in [3.8, 4) is 5.82 Å². The summed E-state index contributed by atoms with van der Waals surface area (Å²) < 4.78 is 2.09. The highest BCUT2D eigenvalue weighted by atomic mass is 35.5. The van der Waals surface area contributed by atoms with Gasteiger partial charge in [0.15, 0.2) is 5.11 Å². The average molecular weight is 446 g/mol. The van der Waals surface area contributed by atoms with Gasteiger partial charge in [-0.25, -0.2) is 4.98 Å². The largest absolute Gasteiger partial charge is 0.352 e. The fourth-order valence-electron chi connectivity index (χ4n) is 4.03. The molecular formula is C24H20ClN5S. The zero-order valence-corrected chi connectivity index (χ0v) is 18.2. The van der Waals surface area contributed by atoms with Crippen LogP contribution in [0.2, 0.25) is 5.02 Å². The second-order valence-electron chi connectivity index (χ2n) is 7.38. The molecule has 7 heteroatoms. The summed E-state index contributed by atoms with van der Waals surface area (Å²) in [7, 11) is 0. The normalized spacial score (nSPS) is 18.2. The molecule has 31 heavy (non-hydrogen) atoms. The number of nitrogens with one attached hydrogen (secondary N) is 1. The van der Waals surface area contributed by atoms with Gasteiger partial charge in [0.2, 0.25) is 0 Å². The van der Waals surface area contributed by atoms with Gasteiger partial charge >= 0.3 is 0 Å². The van der Waals surface area contributed by atoms with E-state index in [0.717, 1.165) is 17.2 Å². The number of aromatic nitrogens is 3. The van der Waals surface area contributed by atoms with Gasteiger partial charge in [0, 0.05) is 30.8 Å². The van der Waals surface area contributed by atoms with Crippen LogP contribution in [0.25, 0.3) is 5.82 Å². The second kappa shape index (κ2) is 8.49.